The number of anilines is 1. The summed E-state index contributed by atoms with van der Waals surface area (Å²) in [5.41, 5.74) is 10.1. The van der Waals surface area contributed by atoms with Gasteiger partial charge < -0.3 is 16.2 Å². The molecule has 0 fully saturated rings. The minimum absolute atomic E-state index is 0.143. The van der Waals surface area contributed by atoms with Gasteiger partial charge >= 0.3 is 0 Å². The van der Waals surface area contributed by atoms with E-state index in [-0.39, 0.29) is 18.6 Å². The van der Waals surface area contributed by atoms with E-state index in [1.54, 1.807) is 47.1 Å². The van der Waals surface area contributed by atoms with Crippen molar-refractivity contribution >= 4 is 23.3 Å². The lowest BCUT2D eigenvalue weighted by Gasteiger charge is -2.16. The van der Waals surface area contributed by atoms with E-state index in [2.05, 4.69) is 10.4 Å². The molecule has 162 valence electrons. The first-order valence-corrected chi connectivity index (χ1v) is 10.6. The molecule has 3 aromatic carbocycles. The third-order valence-corrected chi connectivity index (χ3v) is 5.38. The van der Waals surface area contributed by atoms with Crippen LogP contribution in [0.15, 0.2) is 84.9 Å². The van der Waals surface area contributed by atoms with Gasteiger partial charge in [-0.3, -0.25) is 4.79 Å². The second kappa shape index (κ2) is 9.68. The molecule has 1 aromatic heterocycles. The summed E-state index contributed by atoms with van der Waals surface area (Å²) < 4.78 is 1.62. The number of nitrogens with two attached hydrogens (primary N) is 1. The van der Waals surface area contributed by atoms with Gasteiger partial charge in [0.25, 0.3) is 5.91 Å². The lowest BCUT2D eigenvalue weighted by Crippen LogP contribution is -2.39. The fraction of sp³-hybridized carbons (Fsp3) is 0.120. The number of hydrogen-bond donors (Lipinski definition) is 3. The molecular formula is C25H23ClN4O2. The number of aromatic nitrogens is 2. The average Bonchev–Trinajstić information content (AvgIpc) is 3.21. The molecule has 0 unspecified atom stereocenters. The Kier molecular flexibility index (Phi) is 6.54. The van der Waals surface area contributed by atoms with Crippen LogP contribution in [-0.4, -0.2) is 33.4 Å². The Morgan fingerprint density at radius 2 is 1.72 bits per heavy atom. The molecule has 1 atom stereocenters. The molecule has 0 aliphatic rings. The van der Waals surface area contributed by atoms with Crippen molar-refractivity contribution in [2.24, 2.45) is 0 Å². The first-order valence-electron chi connectivity index (χ1n) is 10.2. The number of benzene rings is 3. The Bertz CT molecular complexity index is 1190. The standard InChI is InChI=1S/C25H23ClN4O2/c26-20-10-6-18(7-11-20)23-15-24(27)30(29-23)22-12-8-19(9-13-22)25(32)28-21(16-31)14-17-4-2-1-3-5-17/h1-13,15,21,31H,14,16,27H2,(H,28,32)/t21-/m0/s1. The summed E-state index contributed by atoms with van der Waals surface area (Å²) in [5, 5.41) is 17.8. The van der Waals surface area contributed by atoms with Gasteiger partial charge in [-0.15, -0.1) is 0 Å². The molecule has 1 amide bonds. The van der Waals surface area contributed by atoms with Crippen LogP contribution in [0.25, 0.3) is 16.9 Å². The number of aliphatic hydroxyl groups is 1. The van der Waals surface area contributed by atoms with Crippen molar-refractivity contribution in [3.63, 3.8) is 0 Å². The van der Waals surface area contributed by atoms with Crippen molar-refractivity contribution in [3.8, 4) is 16.9 Å². The Balaban J connectivity index is 1.47. The van der Waals surface area contributed by atoms with Crippen molar-refractivity contribution < 1.29 is 9.90 Å². The highest BCUT2D eigenvalue weighted by Gasteiger charge is 2.15. The second-order valence-corrected chi connectivity index (χ2v) is 7.90. The number of carbonyl (C=O) groups is 1. The minimum atomic E-state index is -0.367. The number of nitrogens with zero attached hydrogens (tertiary/aromatic N) is 2. The van der Waals surface area contributed by atoms with E-state index in [4.69, 9.17) is 17.3 Å². The minimum Gasteiger partial charge on any atom is -0.394 e. The number of hydrogen-bond acceptors (Lipinski definition) is 4. The Labute approximate surface area is 191 Å². The largest absolute Gasteiger partial charge is 0.394 e. The van der Waals surface area contributed by atoms with Gasteiger partial charge in [-0.2, -0.15) is 5.10 Å². The van der Waals surface area contributed by atoms with Crippen molar-refractivity contribution in [2.45, 2.75) is 12.5 Å². The number of nitrogen functional groups attached to an aromatic ring is 1. The molecule has 4 aromatic rings. The molecule has 0 saturated heterocycles. The molecule has 32 heavy (non-hydrogen) atoms. The molecule has 7 heteroatoms. The molecule has 1 heterocycles. The van der Waals surface area contributed by atoms with Gasteiger partial charge in [0, 0.05) is 22.2 Å². The first kappa shape index (κ1) is 21.6. The van der Waals surface area contributed by atoms with E-state index < -0.39 is 0 Å². The van der Waals surface area contributed by atoms with Crippen LogP contribution < -0.4 is 11.1 Å². The summed E-state index contributed by atoms with van der Waals surface area (Å²) >= 11 is 5.96. The van der Waals surface area contributed by atoms with Crippen molar-refractivity contribution in [3.05, 3.63) is 101 Å². The molecular weight excluding hydrogens is 424 g/mol. The van der Waals surface area contributed by atoms with Gasteiger partial charge in [0.05, 0.1) is 24.0 Å². The summed E-state index contributed by atoms with van der Waals surface area (Å²) in [6.45, 7) is -0.143. The van der Waals surface area contributed by atoms with Crippen LogP contribution in [0.4, 0.5) is 5.82 Å². The number of halogens is 1. The third-order valence-electron chi connectivity index (χ3n) is 5.13. The molecule has 4 N–H and O–H groups in total. The van der Waals surface area contributed by atoms with Gasteiger partial charge in [-0.05, 0) is 48.4 Å². The zero-order valence-corrected chi connectivity index (χ0v) is 18.0. The van der Waals surface area contributed by atoms with Crippen LogP contribution >= 0.6 is 11.6 Å². The molecule has 0 radical (unpaired) electrons. The van der Waals surface area contributed by atoms with Crippen LogP contribution in [0.2, 0.25) is 5.02 Å². The van der Waals surface area contributed by atoms with Crippen LogP contribution in [-0.2, 0) is 6.42 Å². The molecule has 0 bridgehead atoms. The maximum absolute atomic E-state index is 12.7. The number of amides is 1. The van der Waals surface area contributed by atoms with Crippen LogP contribution in [0.5, 0.6) is 0 Å². The van der Waals surface area contributed by atoms with E-state index in [0.717, 1.165) is 22.5 Å². The van der Waals surface area contributed by atoms with Gasteiger partial charge in [-0.25, -0.2) is 4.68 Å². The third kappa shape index (κ3) is 4.99. The number of aliphatic hydroxyl groups excluding tert-OH is 1. The lowest BCUT2D eigenvalue weighted by molar-refractivity contribution is 0.0916. The quantitative estimate of drug-likeness (QED) is 0.398. The first-order chi connectivity index (χ1) is 15.5. The SMILES string of the molecule is Nc1cc(-c2ccc(Cl)cc2)nn1-c1ccc(C(=O)N[C@H](CO)Cc2ccccc2)cc1. The van der Waals surface area contributed by atoms with E-state index in [1.165, 1.54) is 0 Å². The zero-order chi connectivity index (χ0) is 22.5. The van der Waals surface area contributed by atoms with Gasteiger partial charge in [0.2, 0.25) is 0 Å². The molecule has 0 saturated carbocycles. The monoisotopic (exact) mass is 446 g/mol. The summed E-state index contributed by atoms with van der Waals surface area (Å²) in [5.74, 6) is 0.233. The summed E-state index contributed by atoms with van der Waals surface area (Å²) in [4.78, 5) is 12.7. The van der Waals surface area contributed by atoms with E-state index in [1.807, 2.05) is 42.5 Å². The topological polar surface area (TPSA) is 93.2 Å². The number of nitrogens with one attached hydrogen (secondary N) is 1. The van der Waals surface area contributed by atoms with E-state index >= 15 is 0 Å². The highest BCUT2D eigenvalue weighted by atomic mass is 35.5. The molecule has 0 spiro atoms. The lowest BCUT2D eigenvalue weighted by atomic mass is 10.1. The Morgan fingerprint density at radius 3 is 2.38 bits per heavy atom. The van der Waals surface area contributed by atoms with Crippen molar-refractivity contribution in [1.82, 2.24) is 15.1 Å². The van der Waals surface area contributed by atoms with Crippen molar-refractivity contribution in [2.75, 3.05) is 12.3 Å². The van der Waals surface area contributed by atoms with E-state index in [9.17, 15) is 9.90 Å². The summed E-state index contributed by atoms with van der Waals surface area (Å²) in [7, 11) is 0. The maximum atomic E-state index is 12.7. The van der Waals surface area contributed by atoms with Gasteiger partial charge in [-0.1, -0.05) is 54.1 Å². The number of carbonyl (C=O) groups excluding carboxylic acids is 1. The fourth-order valence-corrected chi connectivity index (χ4v) is 3.57. The Morgan fingerprint density at radius 1 is 1.03 bits per heavy atom. The van der Waals surface area contributed by atoms with Gasteiger partial charge in [0.1, 0.15) is 5.82 Å². The van der Waals surface area contributed by atoms with Crippen LogP contribution in [0, 0.1) is 0 Å². The molecule has 0 aliphatic carbocycles. The van der Waals surface area contributed by atoms with Crippen molar-refractivity contribution in [1.29, 1.82) is 0 Å². The predicted octanol–water partition coefficient (Wildman–Crippen LogP) is 4.11. The van der Waals surface area contributed by atoms with Crippen LogP contribution in [0.3, 0.4) is 0 Å². The fourth-order valence-electron chi connectivity index (χ4n) is 3.45. The smallest absolute Gasteiger partial charge is 0.251 e. The van der Waals surface area contributed by atoms with E-state index in [0.29, 0.717) is 22.8 Å². The Hall–Kier alpha value is -3.61. The number of rotatable bonds is 7. The summed E-state index contributed by atoms with van der Waals surface area (Å²) in [6.07, 6.45) is 0.554. The highest BCUT2D eigenvalue weighted by molar-refractivity contribution is 6.30. The second-order valence-electron chi connectivity index (χ2n) is 7.46. The normalized spacial score (nSPS) is 11.8. The predicted molar refractivity (Wildman–Crippen MR) is 127 cm³/mol. The van der Waals surface area contributed by atoms with Gasteiger partial charge in [0.15, 0.2) is 0 Å². The molecule has 6 nitrogen and oxygen atoms in total. The molecule has 0 aliphatic heterocycles. The zero-order valence-electron chi connectivity index (χ0n) is 17.3. The molecule has 4 rings (SSSR count). The summed E-state index contributed by atoms with van der Waals surface area (Å²) in [6, 6.07) is 25.5. The maximum Gasteiger partial charge on any atom is 0.251 e. The highest BCUT2D eigenvalue weighted by Crippen LogP contribution is 2.24. The average molecular weight is 447 g/mol. The van der Waals surface area contributed by atoms with Crippen LogP contribution in [0.1, 0.15) is 15.9 Å².